The Balaban J connectivity index is 1.43. The van der Waals surface area contributed by atoms with Gasteiger partial charge in [0.15, 0.2) is 5.78 Å². The topological polar surface area (TPSA) is 82.8 Å². The molecule has 0 aliphatic carbocycles. The molecule has 1 N–H and O–H groups in total. The highest BCUT2D eigenvalue weighted by Crippen LogP contribution is 2.33. The molecule has 1 atom stereocenters. The first-order chi connectivity index (χ1) is 17.8. The molecule has 4 aromatic rings. The van der Waals surface area contributed by atoms with E-state index in [1.807, 2.05) is 17.5 Å². The van der Waals surface area contributed by atoms with E-state index in [-0.39, 0.29) is 11.7 Å². The lowest BCUT2D eigenvalue weighted by atomic mass is 10.1. The number of benzene rings is 2. The molecule has 5 nitrogen and oxygen atoms in total. The molecule has 0 bridgehead atoms. The van der Waals surface area contributed by atoms with Crippen LogP contribution in [0.2, 0.25) is 10.0 Å². The lowest BCUT2D eigenvalue weighted by Gasteiger charge is -2.14. The predicted octanol–water partition coefficient (Wildman–Crippen LogP) is 8.00. The molecule has 9 heteroatoms. The number of halogens is 2. The summed E-state index contributed by atoms with van der Waals surface area (Å²) in [4.78, 5) is 30.8. The third-order valence-electron chi connectivity index (χ3n) is 5.22. The van der Waals surface area contributed by atoms with Crippen LogP contribution in [0.5, 0.6) is 0 Å². The molecule has 1 amide bonds. The Morgan fingerprint density at radius 2 is 1.89 bits per heavy atom. The van der Waals surface area contributed by atoms with Crippen molar-refractivity contribution in [2.75, 3.05) is 5.32 Å². The van der Waals surface area contributed by atoms with Crippen molar-refractivity contribution in [2.45, 2.75) is 17.2 Å². The fourth-order valence-corrected chi connectivity index (χ4v) is 5.30. The number of hydrogen-bond donors (Lipinski definition) is 1. The van der Waals surface area contributed by atoms with Crippen LogP contribution in [0.3, 0.4) is 0 Å². The molecule has 0 unspecified atom stereocenters. The highest BCUT2D eigenvalue weighted by molar-refractivity contribution is 8.00. The van der Waals surface area contributed by atoms with E-state index in [0.717, 1.165) is 4.88 Å². The van der Waals surface area contributed by atoms with Crippen LogP contribution < -0.4 is 5.32 Å². The SMILES string of the molecule is C[C@H](Sc1nc(-c2ccc(Cl)cc2Cl)ccc1C#N)C(=O)Nc1ccc(C(=O)/C=C/c2cccs2)cc1. The van der Waals surface area contributed by atoms with Crippen molar-refractivity contribution in [3.63, 3.8) is 0 Å². The Labute approximate surface area is 232 Å². The summed E-state index contributed by atoms with van der Waals surface area (Å²) in [6, 6.07) is 21.2. The minimum Gasteiger partial charge on any atom is -0.325 e. The molecular formula is C28H19Cl2N3O2S2. The van der Waals surface area contributed by atoms with Crippen LogP contribution in [0.1, 0.15) is 27.7 Å². The fraction of sp³-hybridized carbons (Fsp3) is 0.0714. The van der Waals surface area contributed by atoms with E-state index in [4.69, 9.17) is 23.2 Å². The van der Waals surface area contributed by atoms with E-state index in [1.165, 1.54) is 17.8 Å². The number of nitrogens with zero attached hydrogens (tertiary/aromatic N) is 2. The van der Waals surface area contributed by atoms with E-state index in [2.05, 4.69) is 16.4 Å². The summed E-state index contributed by atoms with van der Waals surface area (Å²) < 4.78 is 0. The molecule has 0 aliphatic heterocycles. The van der Waals surface area contributed by atoms with Crippen molar-refractivity contribution in [3.8, 4) is 17.3 Å². The number of nitrogens with one attached hydrogen (secondary N) is 1. The van der Waals surface area contributed by atoms with Gasteiger partial charge in [-0.05, 0) is 85.1 Å². The van der Waals surface area contributed by atoms with Gasteiger partial charge in [0.05, 0.1) is 21.5 Å². The summed E-state index contributed by atoms with van der Waals surface area (Å²) in [6.45, 7) is 1.73. The first-order valence-corrected chi connectivity index (χ1v) is 13.6. The molecule has 0 spiro atoms. The zero-order valence-electron chi connectivity index (χ0n) is 19.4. The van der Waals surface area contributed by atoms with E-state index in [9.17, 15) is 14.9 Å². The smallest absolute Gasteiger partial charge is 0.237 e. The van der Waals surface area contributed by atoms with Crippen molar-refractivity contribution < 1.29 is 9.59 Å². The summed E-state index contributed by atoms with van der Waals surface area (Å²) in [5.41, 5.74) is 2.69. The average molecular weight is 565 g/mol. The van der Waals surface area contributed by atoms with Crippen LogP contribution in [0, 0.1) is 11.3 Å². The maximum absolute atomic E-state index is 12.9. The molecular weight excluding hydrogens is 545 g/mol. The van der Waals surface area contributed by atoms with Gasteiger partial charge in [0.25, 0.3) is 0 Å². The largest absolute Gasteiger partial charge is 0.325 e. The quantitative estimate of drug-likeness (QED) is 0.133. The highest BCUT2D eigenvalue weighted by Gasteiger charge is 2.19. The molecule has 184 valence electrons. The second-order valence-corrected chi connectivity index (χ2v) is 11.0. The number of anilines is 1. The van der Waals surface area contributed by atoms with Crippen molar-refractivity contribution in [1.82, 2.24) is 4.98 Å². The third kappa shape index (κ3) is 6.88. The Bertz CT molecular complexity index is 1510. The van der Waals surface area contributed by atoms with Gasteiger partial charge < -0.3 is 5.32 Å². The summed E-state index contributed by atoms with van der Waals surface area (Å²) in [6.07, 6.45) is 3.31. The summed E-state index contributed by atoms with van der Waals surface area (Å²) in [7, 11) is 0. The standard InChI is InChI=1S/C28H19Cl2N3O2S2/c1-17(37-28-19(16-31)6-12-25(33-28)23-11-7-20(29)15-24(23)30)27(35)32-21-8-4-18(5-9-21)26(34)13-10-22-3-2-14-36-22/h2-15,17H,1H3,(H,32,35)/b13-10+/t17-/m0/s1. The Morgan fingerprint density at radius 1 is 1.11 bits per heavy atom. The van der Waals surface area contributed by atoms with E-state index >= 15 is 0 Å². The van der Waals surface area contributed by atoms with Crippen LogP contribution in [0.15, 0.2) is 83.2 Å². The molecule has 37 heavy (non-hydrogen) atoms. The third-order valence-corrected chi connectivity index (χ3v) is 7.71. The van der Waals surface area contributed by atoms with Gasteiger partial charge in [-0.25, -0.2) is 4.98 Å². The maximum atomic E-state index is 12.9. The van der Waals surface area contributed by atoms with Gasteiger partial charge in [-0.3, -0.25) is 9.59 Å². The lowest BCUT2D eigenvalue weighted by molar-refractivity contribution is -0.115. The van der Waals surface area contributed by atoms with E-state index in [0.29, 0.717) is 43.1 Å². The Hall–Kier alpha value is -3.41. The van der Waals surface area contributed by atoms with Crippen molar-refractivity contribution >= 4 is 69.8 Å². The van der Waals surface area contributed by atoms with Gasteiger partial charge in [0.1, 0.15) is 11.1 Å². The molecule has 0 radical (unpaired) electrons. The average Bonchev–Trinajstić information content (AvgIpc) is 3.41. The summed E-state index contributed by atoms with van der Waals surface area (Å²) in [5, 5.41) is 15.2. The number of amides is 1. The number of nitriles is 1. The zero-order chi connectivity index (χ0) is 26.4. The molecule has 2 aromatic heterocycles. The van der Waals surface area contributed by atoms with E-state index in [1.54, 1.807) is 78.9 Å². The minimum absolute atomic E-state index is 0.119. The van der Waals surface area contributed by atoms with Crippen LogP contribution >= 0.6 is 46.3 Å². The monoisotopic (exact) mass is 563 g/mol. The van der Waals surface area contributed by atoms with Crippen molar-refractivity contribution in [2.24, 2.45) is 0 Å². The van der Waals surface area contributed by atoms with Gasteiger partial charge in [0, 0.05) is 26.7 Å². The molecule has 0 saturated heterocycles. The minimum atomic E-state index is -0.550. The number of thiophene rings is 1. The number of carbonyl (C=O) groups is 2. The summed E-state index contributed by atoms with van der Waals surface area (Å²) in [5.74, 6) is -0.381. The second-order valence-electron chi connectivity index (χ2n) is 7.82. The number of thioether (sulfide) groups is 1. The lowest BCUT2D eigenvalue weighted by Crippen LogP contribution is -2.22. The summed E-state index contributed by atoms with van der Waals surface area (Å²) >= 11 is 15.0. The van der Waals surface area contributed by atoms with Crippen LogP contribution in [-0.4, -0.2) is 21.9 Å². The van der Waals surface area contributed by atoms with E-state index < -0.39 is 5.25 Å². The zero-order valence-corrected chi connectivity index (χ0v) is 22.6. The molecule has 4 rings (SSSR count). The maximum Gasteiger partial charge on any atom is 0.237 e. The number of rotatable bonds is 8. The van der Waals surface area contributed by atoms with Crippen molar-refractivity contribution in [1.29, 1.82) is 5.26 Å². The van der Waals surface area contributed by atoms with Gasteiger partial charge >= 0.3 is 0 Å². The highest BCUT2D eigenvalue weighted by atomic mass is 35.5. The number of pyridine rings is 1. The Kier molecular flexibility index (Phi) is 8.80. The molecule has 0 saturated carbocycles. The number of hydrogen-bond acceptors (Lipinski definition) is 6. The van der Waals surface area contributed by atoms with Crippen LogP contribution in [0.25, 0.3) is 17.3 Å². The van der Waals surface area contributed by atoms with Gasteiger partial charge in [0.2, 0.25) is 5.91 Å². The van der Waals surface area contributed by atoms with Crippen LogP contribution in [0.4, 0.5) is 5.69 Å². The normalized spacial score (nSPS) is 11.7. The Morgan fingerprint density at radius 3 is 2.57 bits per heavy atom. The molecule has 2 heterocycles. The number of aromatic nitrogens is 1. The van der Waals surface area contributed by atoms with Gasteiger partial charge in [-0.2, -0.15) is 5.26 Å². The number of ketones is 1. The fourth-order valence-electron chi connectivity index (χ4n) is 3.29. The van der Waals surface area contributed by atoms with Gasteiger partial charge in [-0.1, -0.05) is 41.0 Å². The molecule has 2 aromatic carbocycles. The predicted molar refractivity (Wildman–Crippen MR) is 152 cm³/mol. The van der Waals surface area contributed by atoms with Crippen molar-refractivity contribution in [3.05, 3.63) is 104 Å². The van der Waals surface area contributed by atoms with Crippen LogP contribution in [-0.2, 0) is 4.79 Å². The second kappa shape index (κ2) is 12.2. The number of allylic oxidation sites excluding steroid dienone is 1. The number of carbonyl (C=O) groups excluding carboxylic acids is 2. The molecule has 0 aliphatic rings. The first kappa shape index (κ1) is 26.6. The van der Waals surface area contributed by atoms with Gasteiger partial charge in [-0.15, -0.1) is 11.3 Å². The first-order valence-electron chi connectivity index (χ1n) is 11.0. The molecule has 0 fully saturated rings.